The third-order valence-corrected chi connectivity index (χ3v) is 5.72. The smallest absolute Gasteiger partial charge is 0.423 e. The van der Waals surface area contributed by atoms with Crippen LogP contribution in [0.2, 0.25) is 0 Å². The van der Waals surface area contributed by atoms with Gasteiger partial charge in [0.1, 0.15) is 6.34 Å². The van der Waals surface area contributed by atoms with Gasteiger partial charge in [-0.15, -0.1) is 0 Å². The zero-order valence-corrected chi connectivity index (χ0v) is 23.8. The first-order valence-electron chi connectivity index (χ1n) is 13.0. The van der Waals surface area contributed by atoms with Crippen molar-refractivity contribution in [2.75, 3.05) is 24.8 Å². The molecule has 0 bridgehead atoms. The molecule has 42 heavy (non-hydrogen) atoms. The molecule has 0 aliphatic heterocycles. The lowest BCUT2D eigenvalue weighted by Crippen LogP contribution is -2.40. The van der Waals surface area contributed by atoms with Crippen molar-refractivity contribution >= 4 is 47.7 Å². The molecular formula is C28H34N6O8. The number of aryl methyl sites for hydroxylation is 1. The number of aliphatic imine (C=N–C) groups is 1. The number of carboxylic acid groups (broad SMARTS) is 1. The highest BCUT2D eigenvalue weighted by Gasteiger charge is 2.30. The number of nitrogens with one attached hydrogen (secondary N) is 4. The number of rotatable bonds is 13. The summed E-state index contributed by atoms with van der Waals surface area (Å²) in [5.74, 6) is -3.33. The number of aromatic amines is 1. The molecule has 0 unspecified atom stereocenters. The van der Waals surface area contributed by atoms with E-state index < -0.39 is 24.8 Å². The minimum Gasteiger partial charge on any atom is -0.478 e. The van der Waals surface area contributed by atoms with E-state index in [1.807, 2.05) is 13.8 Å². The molecule has 0 atom stereocenters. The summed E-state index contributed by atoms with van der Waals surface area (Å²) in [6.45, 7) is 7.11. The van der Waals surface area contributed by atoms with Crippen LogP contribution in [0.15, 0.2) is 41.5 Å². The van der Waals surface area contributed by atoms with Gasteiger partial charge in [-0.1, -0.05) is 19.9 Å². The molecule has 14 nitrogen and oxygen atoms in total. The van der Waals surface area contributed by atoms with Crippen molar-refractivity contribution in [1.29, 1.82) is 5.41 Å². The number of nitrogens with zero attached hydrogens (tertiary/aromatic N) is 2. The fourth-order valence-electron chi connectivity index (χ4n) is 3.61. The summed E-state index contributed by atoms with van der Waals surface area (Å²) < 4.78 is 9.92. The second-order valence-corrected chi connectivity index (χ2v) is 8.80. The number of H-pyrrole nitrogens is 1. The van der Waals surface area contributed by atoms with Gasteiger partial charge in [0, 0.05) is 37.0 Å². The third-order valence-electron chi connectivity index (χ3n) is 5.72. The van der Waals surface area contributed by atoms with Gasteiger partial charge in [-0.3, -0.25) is 15.0 Å². The standard InChI is InChI=1S/C28H34N6O8/c1-5-11-30-26(38)19-8-7-17(3)21(13-19)34(28(40)42-16-41-23(37)10-9-22(35)36)25(33-15-29)24-18(4)20(14-32-24)27(39)31-12-6-2/h7-10,13-15,29,32H,5-6,11-12,16H2,1-4H3,(H,30,38)(H,31,39)(H,35,36)/b10-9+,29-15?,33-25?. The van der Waals surface area contributed by atoms with Crippen LogP contribution >= 0.6 is 0 Å². The Labute approximate surface area is 242 Å². The van der Waals surface area contributed by atoms with Gasteiger partial charge in [0.25, 0.3) is 11.8 Å². The zero-order chi connectivity index (χ0) is 31.2. The summed E-state index contributed by atoms with van der Waals surface area (Å²) in [6.07, 6.45) is 3.66. The van der Waals surface area contributed by atoms with Crippen LogP contribution in [-0.4, -0.2) is 72.0 Å². The average molecular weight is 583 g/mol. The van der Waals surface area contributed by atoms with Gasteiger partial charge in [0.15, 0.2) is 5.84 Å². The highest BCUT2D eigenvalue weighted by molar-refractivity contribution is 6.24. The van der Waals surface area contributed by atoms with E-state index in [2.05, 4.69) is 20.6 Å². The maximum Gasteiger partial charge on any atom is 0.423 e. The van der Waals surface area contributed by atoms with Crippen LogP contribution in [0.5, 0.6) is 0 Å². The van der Waals surface area contributed by atoms with Crippen LogP contribution in [-0.2, 0) is 19.1 Å². The van der Waals surface area contributed by atoms with Crippen molar-refractivity contribution in [2.24, 2.45) is 4.99 Å². The molecule has 0 fully saturated rings. The van der Waals surface area contributed by atoms with E-state index >= 15 is 0 Å². The molecule has 1 aromatic carbocycles. The van der Waals surface area contributed by atoms with Gasteiger partial charge in [0.2, 0.25) is 6.79 Å². The lowest BCUT2D eigenvalue weighted by molar-refractivity contribution is -0.146. The molecule has 0 aliphatic rings. The van der Waals surface area contributed by atoms with Gasteiger partial charge < -0.3 is 30.2 Å². The number of aliphatic carboxylic acids is 1. The van der Waals surface area contributed by atoms with Crippen LogP contribution in [0.1, 0.15) is 64.2 Å². The number of carbonyl (C=O) groups excluding carboxylic acids is 4. The number of carbonyl (C=O) groups is 5. The van der Waals surface area contributed by atoms with Crippen molar-refractivity contribution in [2.45, 2.75) is 40.5 Å². The number of ether oxygens (including phenoxy) is 2. The van der Waals surface area contributed by atoms with Crippen LogP contribution in [0, 0.1) is 19.3 Å². The Hall–Kier alpha value is -5.27. The Kier molecular flexibility index (Phi) is 12.6. The molecule has 0 radical (unpaired) electrons. The molecule has 2 aromatic rings. The number of hydrogen-bond donors (Lipinski definition) is 5. The lowest BCUT2D eigenvalue weighted by atomic mass is 10.1. The number of carboxylic acids is 1. The highest BCUT2D eigenvalue weighted by Crippen LogP contribution is 2.27. The largest absolute Gasteiger partial charge is 0.478 e. The van der Waals surface area contributed by atoms with Crippen LogP contribution in [0.25, 0.3) is 0 Å². The first-order valence-corrected chi connectivity index (χ1v) is 13.0. The van der Waals surface area contributed by atoms with Gasteiger partial charge in [-0.25, -0.2) is 24.3 Å². The quantitative estimate of drug-likeness (QED) is 0.0779. The lowest BCUT2D eigenvalue weighted by Gasteiger charge is -2.25. The van der Waals surface area contributed by atoms with Crippen molar-refractivity contribution in [3.63, 3.8) is 0 Å². The number of esters is 1. The van der Waals surface area contributed by atoms with E-state index in [-0.39, 0.29) is 40.2 Å². The number of aromatic nitrogens is 1. The number of amidine groups is 1. The van der Waals surface area contributed by atoms with E-state index in [4.69, 9.17) is 20.0 Å². The summed E-state index contributed by atoms with van der Waals surface area (Å²) in [5.41, 5.74) is 1.81. The fourth-order valence-corrected chi connectivity index (χ4v) is 3.61. The second-order valence-electron chi connectivity index (χ2n) is 8.80. The van der Waals surface area contributed by atoms with Crippen molar-refractivity contribution in [3.05, 3.63) is 64.5 Å². The normalized spacial score (nSPS) is 11.1. The van der Waals surface area contributed by atoms with E-state index in [1.165, 1.54) is 12.3 Å². The molecule has 5 N–H and O–H groups in total. The Balaban J connectivity index is 2.58. The molecule has 2 rings (SSSR count). The molecule has 1 aromatic heterocycles. The van der Waals surface area contributed by atoms with E-state index in [0.29, 0.717) is 49.1 Å². The number of hydrogen-bond acceptors (Lipinski definition) is 8. The summed E-state index contributed by atoms with van der Waals surface area (Å²) >= 11 is 0. The molecule has 0 aliphatic carbocycles. The molecular weight excluding hydrogens is 548 g/mol. The van der Waals surface area contributed by atoms with Gasteiger partial charge >= 0.3 is 18.0 Å². The minimum absolute atomic E-state index is 0.145. The molecule has 224 valence electrons. The van der Waals surface area contributed by atoms with Gasteiger partial charge in [-0.2, -0.15) is 0 Å². The maximum atomic E-state index is 13.5. The Morgan fingerprint density at radius 3 is 2.31 bits per heavy atom. The summed E-state index contributed by atoms with van der Waals surface area (Å²) in [7, 11) is 0. The monoisotopic (exact) mass is 582 g/mol. The first-order chi connectivity index (χ1) is 20.0. The Morgan fingerprint density at radius 2 is 1.69 bits per heavy atom. The molecule has 14 heteroatoms. The summed E-state index contributed by atoms with van der Waals surface area (Å²) in [4.78, 5) is 69.3. The fraction of sp³-hybridized carbons (Fsp3) is 0.321. The molecule has 1 heterocycles. The predicted molar refractivity (Wildman–Crippen MR) is 154 cm³/mol. The number of amides is 3. The topological polar surface area (TPSA) is 203 Å². The maximum absolute atomic E-state index is 13.5. The number of anilines is 1. The molecule has 3 amide bonds. The van der Waals surface area contributed by atoms with Crippen LogP contribution < -0.4 is 15.5 Å². The third kappa shape index (κ3) is 8.87. The second kappa shape index (κ2) is 16.1. The summed E-state index contributed by atoms with van der Waals surface area (Å²) in [6, 6.07) is 4.63. The van der Waals surface area contributed by atoms with Crippen molar-refractivity contribution in [1.82, 2.24) is 15.6 Å². The van der Waals surface area contributed by atoms with Crippen molar-refractivity contribution < 1.29 is 38.6 Å². The molecule has 0 spiro atoms. The predicted octanol–water partition coefficient (Wildman–Crippen LogP) is 3.05. The highest BCUT2D eigenvalue weighted by atomic mass is 16.7. The average Bonchev–Trinajstić information content (AvgIpc) is 3.34. The van der Waals surface area contributed by atoms with E-state index in [0.717, 1.165) is 11.3 Å². The van der Waals surface area contributed by atoms with E-state index in [9.17, 15) is 24.0 Å². The van der Waals surface area contributed by atoms with Crippen LogP contribution in [0.4, 0.5) is 10.5 Å². The molecule has 0 saturated heterocycles. The summed E-state index contributed by atoms with van der Waals surface area (Å²) in [5, 5.41) is 21.9. The number of benzene rings is 1. The van der Waals surface area contributed by atoms with Gasteiger partial charge in [-0.05, 0) is 49.9 Å². The SMILES string of the molecule is CCCNC(=O)c1ccc(C)c(N(C(=O)OCOC(=O)/C=C/C(=O)O)C(=NC=N)c2[nH]cc(C(=O)NCCC)c2C)c1. The Bertz CT molecular complexity index is 1390. The van der Waals surface area contributed by atoms with Crippen LogP contribution in [0.3, 0.4) is 0 Å². The van der Waals surface area contributed by atoms with Gasteiger partial charge in [0.05, 0.1) is 16.9 Å². The Morgan fingerprint density at radius 1 is 1.02 bits per heavy atom. The zero-order valence-electron chi connectivity index (χ0n) is 23.8. The molecule has 0 saturated carbocycles. The first kappa shape index (κ1) is 32.9. The van der Waals surface area contributed by atoms with Crippen molar-refractivity contribution in [3.8, 4) is 0 Å². The minimum atomic E-state index is -1.37. The van der Waals surface area contributed by atoms with E-state index in [1.54, 1.807) is 26.0 Å².